The fourth-order valence-electron chi connectivity index (χ4n) is 6.82. The molecule has 0 saturated carbocycles. The third kappa shape index (κ3) is 8.62. The molecule has 1 saturated heterocycles. The van der Waals surface area contributed by atoms with E-state index in [1.165, 1.54) is 11.6 Å². The van der Waals surface area contributed by atoms with Gasteiger partial charge in [-0.2, -0.15) is 0 Å². The van der Waals surface area contributed by atoms with Crippen molar-refractivity contribution in [3.8, 4) is 16.9 Å². The average molecular weight is 688 g/mol. The van der Waals surface area contributed by atoms with Crippen LogP contribution in [0, 0.1) is 19.3 Å². The molecule has 260 valence electrons. The summed E-state index contributed by atoms with van der Waals surface area (Å²) >= 11 is 6.12. The molecule has 0 unspecified atom stereocenters. The van der Waals surface area contributed by atoms with Gasteiger partial charge in [-0.05, 0) is 99.7 Å². The van der Waals surface area contributed by atoms with Crippen molar-refractivity contribution in [2.45, 2.75) is 98.9 Å². The summed E-state index contributed by atoms with van der Waals surface area (Å²) in [6, 6.07) is 10.5. The molecule has 1 aromatic heterocycles. The topological polar surface area (TPSA) is 75.1 Å². The van der Waals surface area contributed by atoms with Crippen LogP contribution in [-0.4, -0.2) is 52.6 Å². The van der Waals surface area contributed by atoms with Gasteiger partial charge < -0.3 is 19.5 Å². The average Bonchev–Trinajstić information content (AvgIpc) is 2.94. The number of benzene rings is 2. The number of aromatic nitrogens is 1. The molecule has 1 N–H and O–H groups in total. The van der Waals surface area contributed by atoms with Crippen molar-refractivity contribution in [2.75, 3.05) is 24.5 Å². The maximum Gasteiger partial charge on any atom is 0.573 e. The number of hydrogen-bond donors (Lipinski definition) is 1. The lowest BCUT2D eigenvalue weighted by Crippen LogP contribution is -2.39. The standard InChI is InChI=1S/C37H45ClF3N3O4/c1-22-30(32(44-14-11-36(6,7)12-15-44)31(23(2)42-22)33(34(45)46)48-35(3,4)5)26-8-9-27-21-43(13-10-25(27)18-26)20-24-16-28(38)19-29(17-24)47-37(39,40)41/h8-9,16-19,33H,10-15,20-21H2,1-7H3,(H,45,46)/t33-/m0/s1. The molecule has 48 heavy (non-hydrogen) atoms. The Morgan fingerprint density at radius 1 is 1.02 bits per heavy atom. The fraction of sp³-hybridized carbons (Fsp3) is 0.514. The SMILES string of the molecule is Cc1nc(C)c([C@H](OC(C)(C)C)C(=O)O)c(N2CCC(C)(C)CC2)c1-c1ccc2c(c1)CCN(Cc1cc(Cl)cc(OC(F)(F)F)c1)C2. The summed E-state index contributed by atoms with van der Waals surface area (Å²) < 4.78 is 48.8. The Morgan fingerprint density at radius 2 is 1.71 bits per heavy atom. The van der Waals surface area contributed by atoms with Crippen LogP contribution in [0.15, 0.2) is 36.4 Å². The van der Waals surface area contributed by atoms with Gasteiger partial charge in [0.2, 0.25) is 0 Å². The molecule has 2 aliphatic rings. The Hall–Kier alpha value is -3.34. The molecule has 11 heteroatoms. The first-order chi connectivity index (χ1) is 22.3. The van der Waals surface area contributed by atoms with Crippen molar-refractivity contribution < 1.29 is 32.5 Å². The summed E-state index contributed by atoms with van der Waals surface area (Å²) in [5.74, 6) is -1.38. The minimum atomic E-state index is -4.80. The van der Waals surface area contributed by atoms with E-state index in [1.807, 2.05) is 34.6 Å². The Balaban J connectivity index is 1.51. The van der Waals surface area contributed by atoms with Crippen molar-refractivity contribution >= 4 is 23.3 Å². The van der Waals surface area contributed by atoms with E-state index in [9.17, 15) is 23.1 Å². The molecular weight excluding hydrogens is 643 g/mol. The van der Waals surface area contributed by atoms with E-state index in [0.29, 0.717) is 36.5 Å². The predicted octanol–water partition coefficient (Wildman–Crippen LogP) is 9.04. The van der Waals surface area contributed by atoms with Gasteiger partial charge in [-0.15, -0.1) is 13.2 Å². The van der Waals surface area contributed by atoms with Gasteiger partial charge in [0.05, 0.1) is 11.3 Å². The third-order valence-electron chi connectivity index (χ3n) is 9.13. The summed E-state index contributed by atoms with van der Waals surface area (Å²) in [6.07, 6.45) is -3.31. The minimum Gasteiger partial charge on any atom is -0.479 e. The molecule has 5 rings (SSSR count). The molecule has 1 fully saturated rings. The van der Waals surface area contributed by atoms with Crippen molar-refractivity contribution in [2.24, 2.45) is 5.41 Å². The number of hydrogen-bond acceptors (Lipinski definition) is 6. The van der Waals surface area contributed by atoms with Crippen molar-refractivity contribution in [1.82, 2.24) is 9.88 Å². The number of nitrogens with zero attached hydrogens (tertiary/aromatic N) is 3. The number of aliphatic carboxylic acids is 1. The van der Waals surface area contributed by atoms with Gasteiger partial charge in [0.1, 0.15) is 5.75 Å². The zero-order chi connectivity index (χ0) is 35.2. The molecule has 3 heterocycles. The van der Waals surface area contributed by atoms with E-state index in [0.717, 1.165) is 66.5 Å². The maximum absolute atomic E-state index is 12.8. The second-order valence-electron chi connectivity index (χ2n) is 14.8. The second kappa shape index (κ2) is 13.5. The first kappa shape index (κ1) is 36.0. The molecule has 2 aromatic carbocycles. The van der Waals surface area contributed by atoms with E-state index in [2.05, 4.69) is 46.6 Å². The Labute approximate surface area is 286 Å². The zero-order valence-corrected chi connectivity index (χ0v) is 29.5. The van der Waals surface area contributed by atoms with Crippen LogP contribution < -0.4 is 9.64 Å². The van der Waals surface area contributed by atoms with Crippen LogP contribution in [0.4, 0.5) is 18.9 Å². The van der Waals surface area contributed by atoms with Gasteiger partial charge in [-0.1, -0.05) is 43.6 Å². The number of halogens is 4. The number of piperidine rings is 1. The molecule has 2 aliphatic heterocycles. The molecule has 0 aliphatic carbocycles. The number of carboxylic acids is 1. The van der Waals surface area contributed by atoms with Crippen LogP contribution in [0.5, 0.6) is 5.75 Å². The predicted molar refractivity (Wildman–Crippen MR) is 182 cm³/mol. The van der Waals surface area contributed by atoms with Gasteiger partial charge in [-0.3, -0.25) is 9.88 Å². The van der Waals surface area contributed by atoms with Crippen LogP contribution in [0.2, 0.25) is 5.02 Å². The number of anilines is 1. The van der Waals surface area contributed by atoms with E-state index in [1.54, 1.807) is 6.07 Å². The van der Waals surface area contributed by atoms with Crippen LogP contribution in [-0.2, 0) is 29.0 Å². The second-order valence-corrected chi connectivity index (χ2v) is 15.2. The molecular formula is C37H45ClF3N3O4. The number of carbonyl (C=O) groups is 1. The van der Waals surface area contributed by atoms with Crippen molar-refractivity contribution in [3.05, 3.63) is 75.1 Å². The summed E-state index contributed by atoms with van der Waals surface area (Å²) in [4.78, 5) is 22.2. The van der Waals surface area contributed by atoms with E-state index in [4.69, 9.17) is 21.3 Å². The van der Waals surface area contributed by atoms with Gasteiger partial charge in [0.25, 0.3) is 0 Å². The number of fused-ring (bicyclic) bond motifs is 1. The van der Waals surface area contributed by atoms with Crippen molar-refractivity contribution in [3.63, 3.8) is 0 Å². The number of aryl methyl sites for hydroxylation is 2. The van der Waals surface area contributed by atoms with Gasteiger partial charge in [-0.25, -0.2) is 4.79 Å². The minimum absolute atomic E-state index is 0.182. The van der Waals surface area contributed by atoms with Crippen molar-refractivity contribution in [1.29, 1.82) is 0 Å². The summed E-state index contributed by atoms with van der Waals surface area (Å²) in [5, 5.41) is 10.7. The van der Waals surface area contributed by atoms with E-state index in [-0.39, 0.29) is 16.2 Å². The van der Waals surface area contributed by atoms with Gasteiger partial charge in [0, 0.05) is 60.3 Å². The Kier molecular flexibility index (Phi) is 10.1. The molecule has 7 nitrogen and oxygen atoms in total. The molecule has 0 radical (unpaired) electrons. The highest BCUT2D eigenvalue weighted by molar-refractivity contribution is 6.30. The van der Waals surface area contributed by atoms with Crippen LogP contribution in [0.3, 0.4) is 0 Å². The highest BCUT2D eigenvalue weighted by Crippen LogP contribution is 2.45. The van der Waals surface area contributed by atoms with Gasteiger partial charge >= 0.3 is 12.3 Å². The molecule has 1 atom stereocenters. The normalized spacial score (nSPS) is 17.6. The number of ether oxygens (including phenoxy) is 2. The monoisotopic (exact) mass is 687 g/mol. The lowest BCUT2D eigenvalue weighted by molar-refractivity contribution is -0.274. The van der Waals surface area contributed by atoms with E-state index < -0.39 is 24.0 Å². The lowest BCUT2D eigenvalue weighted by atomic mass is 9.81. The third-order valence-corrected chi connectivity index (χ3v) is 9.35. The summed E-state index contributed by atoms with van der Waals surface area (Å²) in [7, 11) is 0. The molecule has 0 spiro atoms. The Morgan fingerprint density at radius 3 is 2.33 bits per heavy atom. The van der Waals surface area contributed by atoms with Gasteiger partial charge in [0.15, 0.2) is 6.10 Å². The molecule has 3 aromatic rings. The summed E-state index contributed by atoms with van der Waals surface area (Å²) in [5.41, 5.74) is 7.25. The summed E-state index contributed by atoms with van der Waals surface area (Å²) in [6.45, 7) is 17.3. The first-order valence-electron chi connectivity index (χ1n) is 16.3. The zero-order valence-electron chi connectivity index (χ0n) is 28.7. The maximum atomic E-state index is 12.8. The number of alkyl halides is 3. The largest absolute Gasteiger partial charge is 0.573 e. The highest BCUT2D eigenvalue weighted by atomic mass is 35.5. The highest BCUT2D eigenvalue weighted by Gasteiger charge is 2.37. The van der Waals surface area contributed by atoms with Crippen LogP contribution in [0.25, 0.3) is 11.1 Å². The molecule has 0 bridgehead atoms. The number of carboxylic acid groups (broad SMARTS) is 1. The number of rotatable bonds is 8. The van der Waals surface area contributed by atoms with E-state index >= 15 is 0 Å². The van der Waals surface area contributed by atoms with Crippen LogP contribution >= 0.6 is 11.6 Å². The molecule has 0 amide bonds. The van der Waals surface area contributed by atoms with Crippen LogP contribution in [0.1, 0.15) is 87.2 Å². The Bertz CT molecular complexity index is 1680. The smallest absolute Gasteiger partial charge is 0.479 e. The quantitative estimate of drug-likeness (QED) is 0.253. The lowest BCUT2D eigenvalue weighted by Gasteiger charge is -2.41. The first-order valence-corrected chi connectivity index (χ1v) is 16.7. The number of pyridine rings is 1. The fourth-order valence-corrected chi connectivity index (χ4v) is 7.07.